The first-order chi connectivity index (χ1) is 10.0. The fourth-order valence-corrected chi connectivity index (χ4v) is 3.02. The number of hydrogen-bond acceptors (Lipinski definition) is 2. The van der Waals surface area contributed by atoms with Crippen molar-refractivity contribution < 1.29 is 4.74 Å². The smallest absolute Gasteiger partial charge is 0.119 e. The molecule has 1 saturated heterocycles. The average Bonchev–Trinajstić information content (AvgIpc) is 2.46. The highest BCUT2D eigenvalue weighted by Gasteiger charge is 2.20. The van der Waals surface area contributed by atoms with Crippen molar-refractivity contribution in [2.45, 2.75) is 46.5 Å². The van der Waals surface area contributed by atoms with Crippen LogP contribution in [0.15, 0.2) is 24.3 Å². The number of likely N-dealkylation sites (tertiary alicyclic amines) is 1. The molecule has 0 aromatic heterocycles. The predicted molar refractivity (Wildman–Crippen MR) is 90.0 cm³/mol. The molecule has 1 aromatic carbocycles. The van der Waals surface area contributed by atoms with E-state index in [0.29, 0.717) is 5.92 Å². The van der Waals surface area contributed by atoms with Gasteiger partial charge >= 0.3 is 0 Å². The molecule has 0 radical (unpaired) electrons. The predicted octanol–water partition coefficient (Wildman–Crippen LogP) is 4.56. The highest BCUT2D eigenvalue weighted by Crippen LogP contribution is 2.22. The van der Waals surface area contributed by atoms with Crippen LogP contribution in [0, 0.1) is 11.8 Å². The first kappa shape index (κ1) is 16.4. The Bertz CT molecular complexity index is 402. The van der Waals surface area contributed by atoms with Crippen molar-refractivity contribution in [1.29, 1.82) is 0 Å². The molecule has 0 bridgehead atoms. The van der Waals surface area contributed by atoms with E-state index in [-0.39, 0.29) is 0 Å². The zero-order valence-corrected chi connectivity index (χ0v) is 14.1. The summed E-state index contributed by atoms with van der Waals surface area (Å²) < 4.78 is 5.98. The summed E-state index contributed by atoms with van der Waals surface area (Å²) >= 11 is 0. The Labute approximate surface area is 130 Å². The van der Waals surface area contributed by atoms with Crippen LogP contribution in [0.1, 0.15) is 52.0 Å². The zero-order valence-electron chi connectivity index (χ0n) is 14.1. The standard InChI is InChI=1S/C19H31NO/c1-15(2)13-20-11-9-17(10-12-20)14-21-19-7-5-18(6-8-19)16(3)4/h5-8,15-17H,9-14H2,1-4H3. The highest BCUT2D eigenvalue weighted by atomic mass is 16.5. The zero-order chi connectivity index (χ0) is 15.2. The number of ether oxygens (including phenoxy) is 1. The van der Waals surface area contributed by atoms with Gasteiger partial charge in [0, 0.05) is 6.54 Å². The molecule has 0 unspecified atom stereocenters. The molecule has 1 aromatic rings. The Morgan fingerprint density at radius 3 is 2.19 bits per heavy atom. The number of nitrogens with zero attached hydrogens (tertiary/aromatic N) is 1. The minimum atomic E-state index is 0.587. The van der Waals surface area contributed by atoms with Gasteiger partial charge in [-0.1, -0.05) is 39.8 Å². The van der Waals surface area contributed by atoms with Gasteiger partial charge in [-0.15, -0.1) is 0 Å². The first-order valence-electron chi connectivity index (χ1n) is 8.49. The lowest BCUT2D eigenvalue weighted by Crippen LogP contribution is -2.37. The fraction of sp³-hybridized carbons (Fsp3) is 0.684. The minimum Gasteiger partial charge on any atom is -0.493 e. The lowest BCUT2D eigenvalue weighted by molar-refractivity contribution is 0.132. The number of rotatable bonds is 6. The fourth-order valence-electron chi connectivity index (χ4n) is 3.02. The van der Waals surface area contributed by atoms with E-state index >= 15 is 0 Å². The molecule has 118 valence electrons. The Kier molecular flexibility index (Phi) is 6.10. The van der Waals surface area contributed by atoms with Crippen molar-refractivity contribution in [2.24, 2.45) is 11.8 Å². The van der Waals surface area contributed by atoms with Crippen LogP contribution in [-0.2, 0) is 0 Å². The van der Waals surface area contributed by atoms with Crippen molar-refractivity contribution >= 4 is 0 Å². The lowest BCUT2D eigenvalue weighted by Gasteiger charge is -2.32. The molecular formula is C19H31NO. The number of benzene rings is 1. The lowest BCUT2D eigenvalue weighted by atomic mass is 9.97. The van der Waals surface area contributed by atoms with Gasteiger partial charge in [-0.3, -0.25) is 0 Å². The third kappa shape index (κ3) is 5.35. The van der Waals surface area contributed by atoms with Gasteiger partial charge in [0.1, 0.15) is 5.75 Å². The van der Waals surface area contributed by atoms with E-state index in [1.807, 2.05) is 0 Å². The summed E-state index contributed by atoms with van der Waals surface area (Å²) in [5.41, 5.74) is 1.38. The molecule has 1 heterocycles. The first-order valence-corrected chi connectivity index (χ1v) is 8.49. The second kappa shape index (κ2) is 7.84. The summed E-state index contributed by atoms with van der Waals surface area (Å²) in [6.07, 6.45) is 2.55. The second-order valence-corrected chi connectivity index (χ2v) is 7.17. The monoisotopic (exact) mass is 289 g/mol. The molecule has 0 atom stereocenters. The van der Waals surface area contributed by atoms with E-state index in [4.69, 9.17) is 4.74 Å². The van der Waals surface area contributed by atoms with E-state index < -0.39 is 0 Å². The van der Waals surface area contributed by atoms with Gasteiger partial charge in [0.2, 0.25) is 0 Å². The van der Waals surface area contributed by atoms with E-state index in [0.717, 1.165) is 24.2 Å². The molecule has 0 aliphatic carbocycles. The van der Waals surface area contributed by atoms with Crippen LogP contribution < -0.4 is 4.74 Å². The topological polar surface area (TPSA) is 12.5 Å². The van der Waals surface area contributed by atoms with Crippen LogP contribution in [0.5, 0.6) is 5.75 Å². The summed E-state index contributed by atoms with van der Waals surface area (Å²) in [4.78, 5) is 2.60. The Hall–Kier alpha value is -1.02. The third-order valence-corrected chi connectivity index (χ3v) is 4.36. The molecule has 0 N–H and O–H groups in total. The van der Waals surface area contributed by atoms with Gasteiger partial charge in [-0.2, -0.15) is 0 Å². The third-order valence-electron chi connectivity index (χ3n) is 4.36. The average molecular weight is 289 g/mol. The maximum Gasteiger partial charge on any atom is 0.119 e. The molecule has 0 amide bonds. The summed E-state index contributed by atoms with van der Waals surface area (Å²) in [5.74, 6) is 3.10. The van der Waals surface area contributed by atoms with Gasteiger partial charge in [0.25, 0.3) is 0 Å². The maximum atomic E-state index is 5.98. The molecule has 2 rings (SSSR count). The molecule has 2 heteroatoms. The molecule has 1 aliphatic heterocycles. The van der Waals surface area contributed by atoms with Crippen molar-refractivity contribution in [3.8, 4) is 5.75 Å². The molecule has 21 heavy (non-hydrogen) atoms. The van der Waals surface area contributed by atoms with Crippen LogP contribution in [-0.4, -0.2) is 31.1 Å². The Morgan fingerprint density at radius 2 is 1.67 bits per heavy atom. The molecule has 0 saturated carbocycles. The molecular weight excluding hydrogens is 258 g/mol. The van der Waals surface area contributed by atoms with Gasteiger partial charge < -0.3 is 9.64 Å². The molecule has 1 fully saturated rings. The van der Waals surface area contributed by atoms with Gasteiger partial charge in [0.15, 0.2) is 0 Å². The van der Waals surface area contributed by atoms with Gasteiger partial charge in [-0.05, 0) is 61.4 Å². The van der Waals surface area contributed by atoms with E-state index in [1.165, 1.54) is 38.0 Å². The van der Waals surface area contributed by atoms with Crippen LogP contribution in [0.4, 0.5) is 0 Å². The normalized spacial score (nSPS) is 17.6. The summed E-state index contributed by atoms with van der Waals surface area (Å²) in [6, 6.07) is 8.60. The van der Waals surface area contributed by atoms with Crippen LogP contribution in [0.3, 0.4) is 0 Å². The summed E-state index contributed by atoms with van der Waals surface area (Å²) in [7, 11) is 0. The molecule has 1 aliphatic rings. The number of hydrogen-bond donors (Lipinski definition) is 0. The quantitative estimate of drug-likeness (QED) is 0.761. The highest BCUT2D eigenvalue weighted by molar-refractivity contribution is 5.28. The summed E-state index contributed by atoms with van der Waals surface area (Å²) in [6.45, 7) is 13.6. The van der Waals surface area contributed by atoms with Crippen molar-refractivity contribution in [1.82, 2.24) is 4.90 Å². The maximum absolute atomic E-state index is 5.98. The van der Waals surface area contributed by atoms with E-state index in [2.05, 4.69) is 56.9 Å². The van der Waals surface area contributed by atoms with Gasteiger partial charge in [0.05, 0.1) is 6.61 Å². The SMILES string of the molecule is CC(C)CN1CCC(COc2ccc(C(C)C)cc2)CC1. The van der Waals surface area contributed by atoms with Crippen molar-refractivity contribution in [3.05, 3.63) is 29.8 Å². The summed E-state index contributed by atoms with van der Waals surface area (Å²) in [5, 5.41) is 0. The van der Waals surface area contributed by atoms with E-state index in [9.17, 15) is 0 Å². The van der Waals surface area contributed by atoms with E-state index in [1.54, 1.807) is 0 Å². The molecule has 0 spiro atoms. The van der Waals surface area contributed by atoms with Crippen LogP contribution >= 0.6 is 0 Å². The second-order valence-electron chi connectivity index (χ2n) is 7.17. The minimum absolute atomic E-state index is 0.587. The number of piperidine rings is 1. The Balaban J connectivity index is 1.72. The largest absolute Gasteiger partial charge is 0.493 e. The van der Waals surface area contributed by atoms with Crippen molar-refractivity contribution in [3.63, 3.8) is 0 Å². The molecule has 2 nitrogen and oxygen atoms in total. The van der Waals surface area contributed by atoms with Crippen LogP contribution in [0.2, 0.25) is 0 Å². The van der Waals surface area contributed by atoms with Gasteiger partial charge in [-0.25, -0.2) is 0 Å². The van der Waals surface area contributed by atoms with Crippen molar-refractivity contribution in [2.75, 3.05) is 26.2 Å². The Morgan fingerprint density at radius 1 is 1.05 bits per heavy atom. The van der Waals surface area contributed by atoms with Crippen LogP contribution in [0.25, 0.3) is 0 Å².